The molecule has 5 rings (SSSR count). The summed E-state index contributed by atoms with van der Waals surface area (Å²) in [6.07, 6.45) is 10.7. The van der Waals surface area contributed by atoms with Gasteiger partial charge in [-0.15, -0.1) is 0 Å². The molecule has 3 saturated carbocycles. The van der Waals surface area contributed by atoms with Gasteiger partial charge in [-0.25, -0.2) is 4.79 Å². The predicted octanol–water partition coefficient (Wildman–Crippen LogP) is 4.70. The van der Waals surface area contributed by atoms with Gasteiger partial charge < -0.3 is 20.4 Å². The number of benzene rings is 1. The molecule has 7 nitrogen and oxygen atoms in total. The van der Waals surface area contributed by atoms with Crippen molar-refractivity contribution in [3.8, 4) is 0 Å². The summed E-state index contributed by atoms with van der Waals surface area (Å²) in [5.74, 6) is 0.802. The number of rotatable bonds is 6. The Morgan fingerprint density at radius 1 is 1.06 bits per heavy atom. The van der Waals surface area contributed by atoms with E-state index in [9.17, 15) is 14.7 Å². The van der Waals surface area contributed by atoms with Crippen molar-refractivity contribution in [1.82, 2.24) is 5.32 Å². The van der Waals surface area contributed by atoms with Crippen molar-refractivity contribution in [2.24, 2.45) is 33.7 Å². The molecule has 0 bridgehead atoms. The van der Waals surface area contributed by atoms with Crippen LogP contribution in [0.25, 0.3) is 0 Å². The number of hydrogen-bond acceptors (Lipinski definition) is 5. The van der Waals surface area contributed by atoms with Crippen LogP contribution in [0.4, 0.5) is 0 Å². The Balaban J connectivity index is 1.15. The van der Waals surface area contributed by atoms with E-state index in [1.807, 2.05) is 0 Å². The summed E-state index contributed by atoms with van der Waals surface area (Å²) >= 11 is 0. The van der Waals surface area contributed by atoms with Crippen LogP contribution in [0.15, 0.2) is 41.1 Å². The highest BCUT2D eigenvalue weighted by atomic mass is 16.6. The van der Waals surface area contributed by atoms with Crippen LogP contribution in [0.2, 0.25) is 0 Å². The molecule has 3 fully saturated rings. The first-order valence-electron chi connectivity index (χ1n) is 13.4. The van der Waals surface area contributed by atoms with Gasteiger partial charge in [0.15, 0.2) is 6.61 Å². The number of oxime groups is 1. The van der Waals surface area contributed by atoms with E-state index in [2.05, 4.69) is 30.4 Å². The Kier molecular flexibility index (Phi) is 6.70. The summed E-state index contributed by atoms with van der Waals surface area (Å²) in [6, 6.07) is 6.42. The van der Waals surface area contributed by atoms with Crippen LogP contribution in [0.1, 0.15) is 81.1 Å². The maximum absolute atomic E-state index is 12.2. The SMILES string of the molecule is C[C@]12CC[C@H]3[C@@H](CCC4=C/C(=N/OCC(=O)NCc5ccc(C(=O)O)cc5)CC[C@@]43C)[C@@H]1CC[C@@H]2O. The van der Waals surface area contributed by atoms with Crippen LogP contribution in [-0.2, 0) is 16.2 Å². The van der Waals surface area contributed by atoms with E-state index in [1.165, 1.54) is 37.0 Å². The van der Waals surface area contributed by atoms with Gasteiger partial charge in [0.05, 0.1) is 17.4 Å². The van der Waals surface area contributed by atoms with Gasteiger partial charge >= 0.3 is 5.97 Å². The van der Waals surface area contributed by atoms with Crippen LogP contribution < -0.4 is 5.32 Å². The van der Waals surface area contributed by atoms with E-state index in [4.69, 9.17) is 9.94 Å². The molecule has 1 amide bonds. The number of amides is 1. The topological polar surface area (TPSA) is 108 Å². The largest absolute Gasteiger partial charge is 0.478 e. The minimum Gasteiger partial charge on any atom is -0.478 e. The molecule has 36 heavy (non-hydrogen) atoms. The van der Waals surface area contributed by atoms with Crippen LogP contribution >= 0.6 is 0 Å². The van der Waals surface area contributed by atoms with Gasteiger partial charge in [0.1, 0.15) is 0 Å². The van der Waals surface area contributed by atoms with Gasteiger partial charge in [-0.05, 0) is 104 Å². The van der Waals surface area contributed by atoms with Crippen molar-refractivity contribution < 1.29 is 24.6 Å². The predicted molar refractivity (Wildman–Crippen MR) is 136 cm³/mol. The van der Waals surface area contributed by atoms with Gasteiger partial charge in [-0.3, -0.25) is 4.79 Å². The zero-order chi connectivity index (χ0) is 25.5. The van der Waals surface area contributed by atoms with Crippen molar-refractivity contribution in [3.05, 3.63) is 47.0 Å². The number of aromatic carboxylic acids is 1. The lowest BCUT2D eigenvalue weighted by Gasteiger charge is -2.57. The van der Waals surface area contributed by atoms with Gasteiger partial charge in [0.2, 0.25) is 0 Å². The Morgan fingerprint density at radius 3 is 2.58 bits per heavy atom. The number of aliphatic hydroxyl groups excluding tert-OH is 1. The maximum atomic E-state index is 12.2. The standard InChI is InChI=1S/C29H38N2O5/c1-28-13-11-21(31-36-17-26(33)30-16-18-3-5-19(6-4-18)27(34)35)15-20(28)7-8-22-23-9-10-25(32)29(23,2)14-12-24(22)28/h3-6,15,22-25,32H,7-14,16-17H2,1-2H3,(H,30,33)(H,34,35)/b31-21+/t22-,23-,24-,25-,28-,29-/m0/s1. The fourth-order valence-corrected chi connectivity index (χ4v) is 7.81. The number of carboxylic acids is 1. The van der Waals surface area contributed by atoms with Crippen molar-refractivity contribution in [1.29, 1.82) is 0 Å². The molecule has 0 saturated heterocycles. The van der Waals surface area contributed by atoms with Crippen LogP contribution in [0.3, 0.4) is 0 Å². The molecule has 6 atom stereocenters. The number of hydrogen-bond donors (Lipinski definition) is 3. The number of carbonyl (C=O) groups excluding carboxylic acids is 1. The molecule has 0 unspecified atom stereocenters. The molecular weight excluding hydrogens is 456 g/mol. The molecule has 0 aromatic heterocycles. The minimum absolute atomic E-state index is 0.108. The van der Waals surface area contributed by atoms with Crippen molar-refractivity contribution >= 4 is 17.6 Å². The molecule has 0 spiro atoms. The van der Waals surface area contributed by atoms with Gasteiger partial charge in [-0.2, -0.15) is 0 Å². The average molecular weight is 495 g/mol. The number of fused-ring (bicyclic) bond motifs is 5. The quantitative estimate of drug-likeness (QED) is 0.497. The van der Waals surface area contributed by atoms with Gasteiger partial charge in [0, 0.05) is 6.54 Å². The molecular formula is C29H38N2O5. The molecule has 1 aromatic carbocycles. The Bertz CT molecular complexity index is 1080. The molecule has 4 aliphatic carbocycles. The second-order valence-electron chi connectivity index (χ2n) is 11.8. The molecule has 1 aromatic rings. The smallest absolute Gasteiger partial charge is 0.335 e. The number of aliphatic hydroxyl groups is 1. The zero-order valence-electron chi connectivity index (χ0n) is 21.3. The fourth-order valence-electron chi connectivity index (χ4n) is 7.81. The van der Waals surface area contributed by atoms with E-state index in [0.29, 0.717) is 24.3 Å². The van der Waals surface area contributed by atoms with E-state index < -0.39 is 5.97 Å². The molecule has 7 heteroatoms. The Hall–Kier alpha value is -2.67. The van der Waals surface area contributed by atoms with Crippen LogP contribution in [0, 0.1) is 28.6 Å². The summed E-state index contributed by atoms with van der Waals surface area (Å²) < 4.78 is 0. The minimum atomic E-state index is -0.973. The van der Waals surface area contributed by atoms with Gasteiger partial charge in [-0.1, -0.05) is 36.7 Å². The number of carbonyl (C=O) groups is 2. The lowest BCUT2D eigenvalue weighted by atomic mass is 9.47. The maximum Gasteiger partial charge on any atom is 0.335 e. The highest BCUT2D eigenvalue weighted by molar-refractivity contribution is 5.96. The third-order valence-corrected chi connectivity index (χ3v) is 10.00. The second-order valence-corrected chi connectivity index (χ2v) is 11.8. The zero-order valence-corrected chi connectivity index (χ0v) is 21.3. The molecule has 0 radical (unpaired) electrons. The first kappa shape index (κ1) is 25.0. The van der Waals surface area contributed by atoms with Crippen LogP contribution in [-0.4, -0.2) is 40.5 Å². The lowest BCUT2D eigenvalue weighted by molar-refractivity contribution is -0.125. The summed E-state index contributed by atoms with van der Waals surface area (Å²) in [6.45, 7) is 4.93. The summed E-state index contributed by atoms with van der Waals surface area (Å²) in [4.78, 5) is 28.5. The number of nitrogens with zero attached hydrogens (tertiary/aromatic N) is 1. The molecule has 4 aliphatic rings. The van der Waals surface area contributed by atoms with Gasteiger partial charge in [0.25, 0.3) is 5.91 Å². The molecule has 194 valence electrons. The molecule has 0 aliphatic heterocycles. The molecule has 0 heterocycles. The highest BCUT2D eigenvalue weighted by Gasteiger charge is 2.58. The van der Waals surface area contributed by atoms with E-state index in [1.54, 1.807) is 12.1 Å². The Morgan fingerprint density at radius 2 is 1.83 bits per heavy atom. The lowest BCUT2D eigenvalue weighted by Crippen LogP contribution is -2.51. The highest BCUT2D eigenvalue weighted by Crippen LogP contribution is 2.65. The van der Waals surface area contributed by atoms with Crippen LogP contribution in [0.5, 0.6) is 0 Å². The van der Waals surface area contributed by atoms with E-state index in [-0.39, 0.29) is 35.0 Å². The first-order valence-corrected chi connectivity index (χ1v) is 13.4. The van der Waals surface area contributed by atoms with E-state index >= 15 is 0 Å². The van der Waals surface area contributed by atoms with Crippen molar-refractivity contribution in [3.63, 3.8) is 0 Å². The third kappa shape index (κ3) is 4.47. The fraction of sp³-hybridized carbons (Fsp3) is 0.621. The van der Waals surface area contributed by atoms with Crippen molar-refractivity contribution in [2.75, 3.05) is 6.61 Å². The first-order chi connectivity index (χ1) is 17.2. The van der Waals surface area contributed by atoms with E-state index in [0.717, 1.165) is 43.4 Å². The average Bonchev–Trinajstić information content (AvgIpc) is 3.17. The third-order valence-electron chi connectivity index (χ3n) is 10.00. The molecule has 3 N–H and O–H groups in total. The normalized spacial score (nSPS) is 36.3. The number of carboxylic acid groups (broad SMARTS) is 1. The summed E-state index contributed by atoms with van der Waals surface area (Å²) in [5, 5.41) is 26.7. The summed E-state index contributed by atoms with van der Waals surface area (Å²) in [5.41, 5.74) is 3.74. The number of nitrogens with one attached hydrogen (secondary N) is 1. The Labute approximate surface area is 213 Å². The second kappa shape index (κ2) is 9.66. The monoisotopic (exact) mass is 494 g/mol. The number of allylic oxidation sites excluding steroid dienone is 2. The summed E-state index contributed by atoms with van der Waals surface area (Å²) in [7, 11) is 0. The van der Waals surface area contributed by atoms with Crippen molar-refractivity contribution in [2.45, 2.75) is 77.9 Å².